The molecule has 0 saturated heterocycles. The first-order valence-electron chi connectivity index (χ1n) is 9.00. The molecular formula is C21H17ClF3N3O2. The van der Waals surface area contributed by atoms with Gasteiger partial charge in [0.2, 0.25) is 5.91 Å². The quantitative estimate of drug-likeness (QED) is 0.593. The summed E-state index contributed by atoms with van der Waals surface area (Å²) in [5, 5.41) is 0.533. The van der Waals surface area contributed by atoms with Gasteiger partial charge >= 0.3 is 6.18 Å². The van der Waals surface area contributed by atoms with E-state index in [-0.39, 0.29) is 22.7 Å². The number of benzene rings is 2. The number of aromatic amines is 1. The van der Waals surface area contributed by atoms with Gasteiger partial charge in [-0.15, -0.1) is 0 Å². The van der Waals surface area contributed by atoms with Gasteiger partial charge < -0.3 is 9.88 Å². The van der Waals surface area contributed by atoms with Crippen LogP contribution in [0, 0.1) is 0 Å². The van der Waals surface area contributed by atoms with E-state index < -0.39 is 17.6 Å². The second-order valence-electron chi connectivity index (χ2n) is 6.45. The van der Waals surface area contributed by atoms with Crippen LogP contribution in [-0.4, -0.2) is 27.3 Å². The molecule has 0 saturated carbocycles. The number of carbonyl (C=O) groups is 1. The summed E-state index contributed by atoms with van der Waals surface area (Å²) in [6.07, 6.45) is -2.14. The SMILES string of the molecule is CCN(Cc1nc2ccccc2c(=O)[nH]1)C(=O)/C=C/c1cc(C(F)(F)F)ccc1Cl. The van der Waals surface area contributed by atoms with Crippen molar-refractivity contribution in [1.29, 1.82) is 0 Å². The Morgan fingerprint density at radius 1 is 1.23 bits per heavy atom. The Morgan fingerprint density at radius 2 is 1.97 bits per heavy atom. The Hall–Kier alpha value is -3.13. The molecule has 1 N–H and O–H groups in total. The Morgan fingerprint density at radius 3 is 2.67 bits per heavy atom. The fourth-order valence-electron chi connectivity index (χ4n) is 2.85. The van der Waals surface area contributed by atoms with E-state index >= 15 is 0 Å². The Labute approximate surface area is 174 Å². The molecule has 1 aromatic heterocycles. The highest BCUT2D eigenvalue weighted by atomic mass is 35.5. The van der Waals surface area contributed by atoms with Gasteiger partial charge in [0.05, 0.1) is 23.0 Å². The summed E-state index contributed by atoms with van der Waals surface area (Å²) < 4.78 is 38.7. The number of fused-ring (bicyclic) bond motifs is 1. The first-order chi connectivity index (χ1) is 14.2. The number of nitrogens with zero attached hydrogens (tertiary/aromatic N) is 2. The van der Waals surface area contributed by atoms with Gasteiger partial charge in [-0.25, -0.2) is 4.98 Å². The highest BCUT2D eigenvalue weighted by Crippen LogP contribution is 2.32. The second-order valence-corrected chi connectivity index (χ2v) is 6.86. The van der Waals surface area contributed by atoms with Gasteiger partial charge in [0.25, 0.3) is 5.56 Å². The lowest BCUT2D eigenvalue weighted by Crippen LogP contribution is -2.30. The van der Waals surface area contributed by atoms with Gasteiger partial charge in [-0.05, 0) is 48.9 Å². The molecule has 3 rings (SSSR count). The normalized spacial score (nSPS) is 11.9. The molecule has 0 aliphatic heterocycles. The highest BCUT2D eigenvalue weighted by Gasteiger charge is 2.30. The Balaban J connectivity index is 1.81. The van der Waals surface area contributed by atoms with Crippen molar-refractivity contribution in [3.63, 3.8) is 0 Å². The van der Waals surface area contributed by atoms with E-state index in [1.54, 1.807) is 31.2 Å². The topological polar surface area (TPSA) is 66.1 Å². The largest absolute Gasteiger partial charge is 0.416 e. The molecule has 1 amide bonds. The lowest BCUT2D eigenvalue weighted by atomic mass is 10.1. The number of H-pyrrole nitrogens is 1. The lowest BCUT2D eigenvalue weighted by molar-refractivity contribution is -0.137. The minimum atomic E-state index is -4.51. The smallest absolute Gasteiger partial charge is 0.332 e. The second kappa shape index (κ2) is 8.71. The molecule has 3 aromatic rings. The molecule has 2 aromatic carbocycles. The van der Waals surface area contributed by atoms with Gasteiger partial charge in [-0.1, -0.05) is 23.7 Å². The average molecular weight is 436 g/mol. The molecular weight excluding hydrogens is 419 g/mol. The van der Waals surface area contributed by atoms with Crippen LogP contribution in [0.2, 0.25) is 5.02 Å². The summed E-state index contributed by atoms with van der Waals surface area (Å²) >= 11 is 5.95. The van der Waals surface area contributed by atoms with Crippen LogP contribution < -0.4 is 5.56 Å². The summed E-state index contributed by atoms with van der Waals surface area (Å²) in [4.78, 5) is 33.1. The van der Waals surface area contributed by atoms with Crippen LogP contribution in [0.1, 0.15) is 23.9 Å². The number of carbonyl (C=O) groups excluding carboxylic acids is 1. The molecule has 0 fully saturated rings. The molecule has 0 spiro atoms. The summed E-state index contributed by atoms with van der Waals surface area (Å²) in [7, 11) is 0. The molecule has 156 valence electrons. The standard InChI is InChI=1S/C21H17ClF3N3O2/c1-2-28(12-18-26-17-6-4-3-5-15(17)20(30)27-18)19(29)10-7-13-11-14(21(23,24)25)8-9-16(13)22/h3-11H,2,12H2,1H3,(H,26,27,30)/b10-7+. The fraction of sp³-hybridized carbons (Fsp3) is 0.190. The van der Waals surface area contributed by atoms with Crippen LogP contribution >= 0.6 is 11.6 Å². The number of hydrogen-bond donors (Lipinski definition) is 1. The number of para-hydroxylation sites is 1. The molecule has 30 heavy (non-hydrogen) atoms. The van der Waals surface area contributed by atoms with Crippen molar-refractivity contribution in [2.75, 3.05) is 6.54 Å². The maximum atomic E-state index is 12.9. The molecule has 0 bridgehead atoms. The van der Waals surface area contributed by atoms with E-state index in [0.29, 0.717) is 23.3 Å². The predicted octanol–water partition coefficient (Wildman–Crippen LogP) is 4.66. The van der Waals surface area contributed by atoms with E-state index in [4.69, 9.17) is 11.6 Å². The van der Waals surface area contributed by atoms with Crippen LogP contribution in [0.4, 0.5) is 13.2 Å². The molecule has 9 heteroatoms. The van der Waals surface area contributed by atoms with Crippen molar-refractivity contribution in [1.82, 2.24) is 14.9 Å². The lowest BCUT2D eigenvalue weighted by Gasteiger charge is -2.18. The minimum absolute atomic E-state index is 0.0378. The number of aromatic nitrogens is 2. The van der Waals surface area contributed by atoms with Gasteiger partial charge in [0.15, 0.2) is 0 Å². The van der Waals surface area contributed by atoms with Crippen LogP contribution in [0.25, 0.3) is 17.0 Å². The number of amides is 1. The number of nitrogens with one attached hydrogen (secondary N) is 1. The van der Waals surface area contributed by atoms with Gasteiger partial charge in [0, 0.05) is 17.6 Å². The van der Waals surface area contributed by atoms with Crippen molar-refractivity contribution in [2.45, 2.75) is 19.6 Å². The maximum absolute atomic E-state index is 12.9. The number of halogens is 4. The van der Waals surface area contributed by atoms with E-state index in [9.17, 15) is 22.8 Å². The summed E-state index contributed by atoms with van der Waals surface area (Å²) in [6, 6.07) is 9.71. The minimum Gasteiger partial charge on any atom is -0.332 e. The Kier molecular flexibility index (Phi) is 6.26. The molecule has 0 atom stereocenters. The van der Waals surface area contributed by atoms with Crippen LogP contribution in [0.15, 0.2) is 53.3 Å². The van der Waals surface area contributed by atoms with Crippen molar-refractivity contribution in [3.8, 4) is 0 Å². The zero-order chi connectivity index (χ0) is 21.9. The average Bonchev–Trinajstić information content (AvgIpc) is 2.70. The molecule has 0 aliphatic carbocycles. The predicted molar refractivity (Wildman–Crippen MR) is 109 cm³/mol. The summed E-state index contributed by atoms with van der Waals surface area (Å²) in [5.41, 5.74) is -0.589. The summed E-state index contributed by atoms with van der Waals surface area (Å²) in [6.45, 7) is 2.08. The maximum Gasteiger partial charge on any atom is 0.416 e. The van der Waals surface area contributed by atoms with Gasteiger partial charge in [0.1, 0.15) is 5.82 Å². The number of alkyl halides is 3. The third kappa shape index (κ3) is 4.88. The Bertz CT molecular complexity index is 1170. The fourth-order valence-corrected chi connectivity index (χ4v) is 3.03. The van der Waals surface area contributed by atoms with E-state index in [1.807, 2.05) is 0 Å². The van der Waals surface area contributed by atoms with E-state index in [1.165, 1.54) is 11.0 Å². The van der Waals surface area contributed by atoms with Crippen molar-refractivity contribution in [3.05, 3.63) is 80.9 Å². The zero-order valence-electron chi connectivity index (χ0n) is 15.8. The molecule has 0 unspecified atom stereocenters. The van der Waals surface area contributed by atoms with Gasteiger partial charge in [-0.2, -0.15) is 13.2 Å². The molecule has 0 aliphatic rings. The molecule has 1 heterocycles. The number of likely N-dealkylation sites (N-methyl/N-ethyl adjacent to an activating group) is 1. The van der Waals surface area contributed by atoms with E-state index in [2.05, 4.69) is 9.97 Å². The van der Waals surface area contributed by atoms with Gasteiger partial charge in [-0.3, -0.25) is 9.59 Å². The third-order valence-electron chi connectivity index (χ3n) is 4.42. The monoisotopic (exact) mass is 435 g/mol. The summed E-state index contributed by atoms with van der Waals surface area (Å²) in [5.74, 6) is -0.152. The van der Waals surface area contributed by atoms with Crippen LogP contribution in [-0.2, 0) is 17.5 Å². The molecule has 0 radical (unpaired) electrons. The number of hydrogen-bond acceptors (Lipinski definition) is 3. The van der Waals surface area contributed by atoms with Crippen LogP contribution in [0.3, 0.4) is 0 Å². The molecule has 5 nitrogen and oxygen atoms in total. The van der Waals surface area contributed by atoms with Crippen molar-refractivity contribution >= 4 is 34.5 Å². The number of rotatable bonds is 5. The van der Waals surface area contributed by atoms with Crippen LogP contribution in [0.5, 0.6) is 0 Å². The van der Waals surface area contributed by atoms with Crippen molar-refractivity contribution < 1.29 is 18.0 Å². The first kappa shape index (κ1) is 21.6. The third-order valence-corrected chi connectivity index (χ3v) is 4.77. The van der Waals surface area contributed by atoms with E-state index in [0.717, 1.165) is 24.3 Å². The van der Waals surface area contributed by atoms with Crippen molar-refractivity contribution in [2.24, 2.45) is 0 Å². The first-order valence-corrected chi connectivity index (χ1v) is 9.38. The zero-order valence-corrected chi connectivity index (χ0v) is 16.6. The highest BCUT2D eigenvalue weighted by molar-refractivity contribution is 6.32.